The number of sulfone groups is 1. The summed E-state index contributed by atoms with van der Waals surface area (Å²) in [6.07, 6.45) is 8.47. The monoisotopic (exact) mass is 420 g/mol. The number of benzene rings is 1. The maximum atomic E-state index is 12.7. The molecular weight excluding hydrogens is 400 g/mol. The molecule has 0 spiro atoms. The number of anilines is 2. The van der Waals surface area contributed by atoms with Crippen LogP contribution in [0.15, 0.2) is 59.9 Å². The molecule has 1 aromatic carbocycles. The number of aromatic amines is 1. The van der Waals surface area contributed by atoms with Gasteiger partial charge in [-0.15, -0.1) is 0 Å². The molecule has 0 radical (unpaired) electrons. The number of aromatic nitrogens is 3. The molecule has 8 heteroatoms. The van der Waals surface area contributed by atoms with Crippen molar-refractivity contribution in [3.05, 3.63) is 76.6 Å². The molecule has 0 fully saturated rings. The van der Waals surface area contributed by atoms with Crippen LogP contribution in [0.25, 0.3) is 22.0 Å². The van der Waals surface area contributed by atoms with Crippen LogP contribution < -0.4 is 10.5 Å². The predicted molar refractivity (Wildman–Crippen MR) is 118 cm³/mol. The largest absolute Gasteiger partial charge is 0.356 e. The van der Waals surface area contributed by atoms with Crippen LogP contribution >= 0.6 is 0 Å². The van der Waals surface area contributed by atoms with Gasteiger partial charge in [-0.25, -0.2) is 8.42 Å². The average Bonchev–Trinajstić information content (AvgIpc) is 3.07. The molecule has 30 heavy (non-hydrogen) atoms. The van der Waals surface area contributed by atoms with Crippen molar-refractivity contribution in [3.8, 4) is 11.1 Å². The molecular formula is C22H20N4O3S. The highest BCUT2D eigenvalue weighted by molar-refractivity contribution is 7.89. The molecule has 0 aliphatic carbocycles. The molecule has 5 rings (SSSR count). The van der Waals surface area contributed by atoms with Gasteiger partial charge in [-0.2, -0.15) is 0 Å². The molecule has 0 bridgehead atoms. The number of rotatable bonds is 3. The highest BCUT2D eigenvalue weighted by Gasteiger charge is 2.26. The summed E-state index contributed by atoms with van der Waals surface area (Å²) in [7, 11) is -1.46. The number of aryl methyl sites for hydroxylation is 1. The highest BCUT2D eigenvalue weighted by atomic mass is 32.2. The van der Waals surface area contributed by atoms with Gasteiger partial charge in [-0.3, -0.25) is 9.78 Å². The molecule has 152 valence electrons. The second-order valence-corrected chi connectivity index (χ2v) is 9.88. The van der Waals surface area contributed by atoms with E-state index in [0.717, 1.165) is 33.5 Å². The lowest BCUT2D eigenvalue weighted by atomic mass is 9.99. The second kappa shape index (κ2) is 6.56. The molecule has 0 amide bonds. The number of pyridine rings is 2. The third-order valence-electron chi connectivity index (χ3n) is 5.44. The van der Waals surface area contributed by atoms with Gasteiger partial charge >= 0.3 is 0 Å². The van der Waals surface area contributed by atoms with Gasteiger partial charge < -0.3 is 14.5 Å². The van der Waals surface area contributed by atoms with E-state index in [9.17, 15) is 13.2 Å². The molecule has 0 saturated heterocycles. The molecule has 1 aliphatic rings. The molecule has 0 unspecified atom stereocenters. The van der Waals surface area contributed by atoms with E-state index in [1.165, 1.54) is 6.26 Å². The van der Waals surface area contributed by atoms with E-state index in [2.05, 4.69) is 14.9 Å². The Morgan fingerprint density at radius 3 is 2.77 bits per heavy atom. The lowest BCUT2D eigenvalue weighted by molar-refractivity contribution is 0.601. The fourth-order valence-electron chi connectivity index (χ4n) is 4.19. The number of nitrogens with zero attached hydrogens (tertiary/aromatic N) is 3. The van der Waals surface area contributed by atoms with Crippen molar-refractivity contribution in [2.75, 3.05) is 11.2 Å². The van der Waals surface area contributed by atoms with Crippen molar-refractivity contribution in [1.82, 2.24) is 14.5 Å². The Kier molecular flexibility index (Phi) is 4.08. The van der Waals surface area contributed by atoms with E-state index in [1.54, 1.807) is 24.0 Å². The van der Waals surface area contributed by atoms with Gasteiger partial charge in [-0.05, 0) is 35.4 Å². The minimum absolute atomic E-state index is 0.0396. The summed E-state index contributed by atoms with van der Waals surface area (Å²) >= 11 is 0. The van der Waals surface area contributed by atoms with Crippen LogP contribution in [0.1, 0.15) is 11.1 Å². The standard InChI is InChI=1S/C22H20N4O3S/c1-25-12-18-17-8-14(13-30(2,28)29)5-6-19(17)26(16-4-3-7-23-10-16)11-15-9-24-21(20(15)18)22(25)27/h3-10,12,24H,11,13H2,1-2H3. The first-order chi connectivity index (χ1) is 14.3. The third kappa shape index (κ3) is 3.00. The molecule has 0 saturated carbocycles. The van der Waals surface area contributed by atoms with Crippen molar-refractivity contribution in [2.24, 2.45) is 7.05 Å². The quantitative estimate of drug-likeness (QED) is 0.550. The molecule has 4 aromatic rings. The van der Waals surface area contributed by atoms with Gasteiger partial charge in [0.15, 0.2) is 9.84 Å². The average molecular weight is 420 g/mol. The van der Waals surface area contributed by atoms with Crippen LogP contribution in [0.4, 0.5) is 11.4 Å². The summed E-state index contributed by atoms with van der Waals surface area (Å²) in [6, 6.07) is 9.59. The Morgan fingerprint density at radius 1 is 1.20 bits per heavy atom. The number of nitrogens with one attached hydrogen (secondary N) is 1. The second-order valence-electron chi connectivity index (χ2n) is 7.74. The predicted octanol–water partition coefficient (Wildman–Crippen LogP) is 3.12. The van der Waals surface area contributed by atoms with Crippen LogP contribution in [-0.4, -0.2) is 29.2 Å². The number of H-pyrrole nitrogens is 1. The van der Waals surface area contributed by atoms with Gasteiger partial charge in [0, 0.05) is 54.1 Å². The molecule has 7 nitrogen and oxygen atoms in total. The van der Waals surface area contributed by atoms with Crippen molar-refractivity contribution in [3.63, 3.8) is 0 Å². The summed E-state index contributed by atoms with van der Waals surface area (Å²) < 4.78 is 25.4. The summed E-state index contributed by atoms with van der Waals surface area (Å²) in [4.78, 5) is 22.2. The highest BCUT2D eigenvalue weighted by Crippen LogP contribution is 2.43. The fraction of sp³-hybridized carbons (Fsp3) is 0.182. The lowest BCUT2D eigenvalue weighted by Gasteiger charge is -2.25. The fourth-order valence-corrected chi connectivity index (χ4v) is 4.97. The zero-order chi connectivity index (χ0) is 21.0. The van der Waals surface area contributed by atoms with E-state index in [0.29, 0.717) is 17.6 Å². The summed E-state index contributed by atoms with van der Waals surface area (Å²) in [6.45, 7) is 0.560. The summed E-state index contributed by atoms with van der Waals surface area (Å²) in [5, 5.41) is 0.877. The molecule has 3 aromatic heterocycles. The number of hydrogen-bond acceptors (Lipinski definition) is 5. The SMILES string of the molecule is Cn1cc2c3c(c[nH]c3c1=O)CN(c1cccnc1)c1ccc(CS(C)(=O)=O)cc1-2. The summed E-state index contributed by atoms with van der Waals surface area (Å²) in [5.74, 6) is -0.0396. The summed E-state index contributed by atoms with van der Waals surface area (Å²) in [5.41, 5.74) is 5.82. The van der Waals surface area contributed by atoms with Crippen LogP contribution in [0, 0.1) is 0 Å². The first kappa shape index (κ1) is 18.6. The Labute approximate surface area is 173 Å². The van der Waals surface area contributed by atoms with Crippen LogP contribution in [0.2, 0.25) is 0 Å². The zero-order valence-corrected chi connectivity index (χ0v) is 17.4. The minimum Gasteiger partial charge on any atom is -0.356 e. The van der Waals surface area contributed by atoms with E-state index in [-0.39, 0.29) is 11.3 Å². The van der Waals surface area contributed by atoms with Gasteiger partial charge in [0.1, 0.15) is 5.52 Å². The van der Waals surface area contributed by atoms with E-state index < -0.39 is 9.84 Å². The van der Waals surface area contributed by atoms with Crippen molar-refractivity contribution in [1.29, 1.82) is 0 Å². The molecule has 0 atom stereocenters. The number of fused-ring (bicyclic) bond motifs is 2. The van der Waals surface area contributed by atoms with Gasteiger partial charge in [0.2, 0.25) is 0 Å². The van der Waals surface area contributed by atoms with Crippen molar-refractivity contribution >= 4 is 32.1 Å². The van der Waals surface area contributed by atoms with Gasteiger partial charge in [0.25, 0.3) is 5.56 Å². The van der Waals surface area contributed by atoms with E-state index in [1.807, 2.05) is 42.7 Å². The molecule has 1 aliphatic heterocycles. The normalized spacial score (nSPS) is 13.3. The Hall–Kier alpha value is -3.39. The van der Waals surface area contributed by atoms with Crippen LogP contribution in [0.5, 0.6) is 0 Å². The first-order valence-electron chi connectivity index (χ1n) is 9.50. The van der Waals surface area contributed by atoms with Crippen molar-refractivity contribution < 1.29 is 8.42 Å². The Bertz CT molecular complexity index is 1450. The smallest absolute Gasteiger partial charge is 0.274 e. The number of hydrogen-bond donors (Lipinski definition) is 1. The lowest BCUT2D eigenvalue weighted by Crippen LogP contribution is -2.16. The maximum Gasteiger partial charge on any atom is 0.274 e. The van der Waals surface area contributed by atoms with Crippen LogP contribution in [-0.2, 0) is 29.2 Å². The van der Waals surface area contributed by atoms with Gasteiger partial charge in [-0.1, -0.05) is 6.07 Å². The Balaban J connectivity index is 1.84. The maximum absolute atomic E-state index is 12.7. The van der Waals surface area contributed by atoms with Crippen molar-refractivity contribution in [2.45, 2.75) is 12.3 Å². The van der Waals surface area contributed by atoms with Crippen LogP contribution in [0.3, 0.4) is 0 Å². The molecule has 4 heterocycles. The third-order valence-corrected chi connectivity index (χ3v) is 6.30. The van der Waals surface area contributed by atoms with Gasteiger partial charge in [0.05, 0.1) is 24.2 Å². The van der Waals surface area contributed by atoms with E-state index >= 15 is 0 Å². The minimum atomic E-state index is -3.18. The van der Waals surface area contributed by atoms with E-state index in [4.69, 9.17) is 0 Å². The Morgan fingerprint density at radius 2 is 2.03 bits per heavy atom. The molecule has 1 N–H and O–H groups in total. The zero-order valence-electron chi connectivity index (χ0n) is 16.6. The topological polar surface area (TPSA) is 88.1 Å². The first-order valence-corrected chi connectivity index (χ1v) is 11.6.